The number of hydrazine groups is 1. The second-order valence-corrected chi connectivity index (χ2v) is 4.81. The van der Waals surface area contributed by atoms with Gasteiger partial charge >= 0.3 is 0 Å². The van der Waals surface area contributed by atoms with Gasteiger partial charge in [0.25, 0.3) is 5.91 Å². The molecule has 1 aromatic carbocycles. The molecule has 0 heterocycles. The maximum atomic E-state index is 11.3. The van der Waals surface area contributed by atoms with Gasteiger partial charge in [-0.15, -0.1) is 0 Å². The highest BCUT2D eigenvalue weighted by atomic mass is 16.2. The lowest BCUT2D eigenvalue weighted by Gasteiger charge is -2.16. The van der Waals surface area contributed by atoms with Crippen LogP contribution in [-0.2, 0) is 6.54 Å². The van der Waals surface area contributed by atoms with E-state index in [0.29, 0.717) is 5.56 Å². The number of benzene rings is 1. The highest BCUT2D eigenvalue weighted by Gasteiger charge is 2.22. The quantitative estimate of drug-likeness (QED) is 0.455. The molecule has 1 aliphatic carbocycles. The number of nitrogens with zero attached hydrogens (tertiary/aromatic N) is 1. The van der Waals surface area contributed by atoms with E-state index >= 15 is 0 Å². The number of hydrogen-bond donors (Lipinski definition) is 2. The van der Waals surface area contributed by atoms with Crippen molar-refractivity contribution in [3.05, 3.63) is 35.4 Å². The molecule has 3 N–H and O–H groups in total. The summed E-state index contributed by atoms with van der Waals surface area (Å²) in [5, 5.41) is 0. The normalized spacial score (nSPS) is 15.0. The first-order valence-corrected chi connectivity index (χ1v) is 5.97. The summed E-state index contributed by atoms with van der Waals surface area (Å²) in [7, 11) is 2.14. The van der Waals surface area contributed by atoms with Crippen LogP contribution >= 0.6 is 0 Å². The van der Waals surface area contributed by atoms with E-state index < -0.39 is 0 Å². The van der Waals surface area contributed by atoms with Crippen LogP contribution in [0.5, 0.6) is 0 Å². The van der Waals surface area contributed by atoms with Gasteiger partial charge in [0.2, 0.25) is 0 Å². The molecule has 0 saturated heterocycles. The number of hydrogen-bond acceptors (Lipinski definition) is 3. The van der Waals surface area contributed by atoms with E-state index in [-0.39, 0.29) is 5.91 Å². The average Bonchev–Trinajstić information content (AvgIpc) is 3.12. The first kappa shape index (κ1) is 12.1. The van der Waals surface area contributed by atoms with E-state index in [9.17, 15) is 4.79 Å². The van der Waals surface area contributed by atoms with Gasteiger partial charge in [-0.25, -0.2) is 5.84 Å². The van der Waals surface area contributed by atoms with E-state index in [1.165, 1.54) is 24.9 Å². The van der Waals surface area contributed by atoms with Gasteiger partial charge in [-0.3, -0.25) is 10.2 Å². The molecule has 0 radical (unpaired) electrons. The Morgan fingerprint density at radius 2 is 2.06 bits per heavy atom. The molecule has 0 aliphatic heterocycles. The van der Waals surface area contributed by atoms with Crippen LogP contribution in [-0.4, -0.2) is 24.4 Å². The monoisotopic (exact) mass is 233 g/mol. The molecule has 4 nitrogen and oxygen atoms in total. The lowest BCUT2D eigenvalue weighted by atomic mass is 10.1. The van der Waals surface area contributed by atoms with Gasteiger partial charge in [0.15, 0.2) is 0 Å². The summed E-state index contributed by atoms with van der Waals surface area (Å²) in [6, 6.07) is 7.58. The molecule has 0 atom stereocenters. The molecular formula is C13H19N3O. The van der Waals surface area contributed by atoms with E-state index in [2.05, 4.69) is 17.4 Å². The molecule has 0 spiro atoms. The second kappa shape index (κ2) is 5.29. The third-order valence-electron chi connectivity index (χ3n) is 3.07. The second-order valence-electron chi connectivity index (χ2n) is 4.81. The third-order valence-corrected chi connectivity index (χ3v) is 3.07. The molecule has 0 unspecified atom stereocenters. The molecule has 1 aliphatic rings. The first-order valence-electron chi connectivity index (χ1n) is 5.97. The molecule has 2 rings (SSSR count). The smallest absolute Gasteiger partial charge is 0.265 e. The Hall–Kier alpha value is -1.39. The maximum absolute atomic E-state index is 11.3. The predicted molar refractivity (Wildman–Crippen MR) is 67.2 cm³/mol. The number of nitrogen functional groups attached to an aromatic ring is 1. The number of rotatable bonds is 5. The summed E-state index contributed by atoms with van der Waals surface area (Å²) < 4.78 is 0. The molecule has 1 amide bonds. The van der Waals surface area contributed by atoms with Crippen LogP contribution in [0.2, 0.25) is 0 Å². The molecule has 4 heteroatoms. The number of amides is 1. The van der Waals surface area contributed by atoms with Crippen LogP contribution in [0.15, 0.2) is 24.3 Å². The van der Waals surface area contributed by atoms with Gasteiger partial charge in [0.05, 0.1) is 0 Å². The Morgan fingerprint density at radius 1 is 1.41 bits per heavy atom. The standard InChI is InChI=1S/C13H19N3O/c1-16(8-10-2-3-10)9-11-4-6-12(7-5-11)13(17)15-14/h4-7,10H,2-3,8-9,14H2,1H3,(H,15,17). The summed E-state index contributed by atoms with van der Waals surface area (Å²) in [5.41, 5.74) is 3.95. The summed E-state index contributed by atoms with van der Waals surface area (Å²) in [4.78, 5) is 13.6. The summed E-state index contributed by atoms with van der Waals surface area (Å²) in [5.74, 6) is 5.73. The van der Waals surface area contributed by atoms with Crippen molar-refractivity contribution < 1.29 is 4.79 Å². The highest BCUT2D eigenvalue weighted by molar-refractivity contribution is 5.93. The molecule has 92 valence electrons. The van der Waals surface area contributed by atoms with Gasteiger partial charge in [-0.05, 0) is 43.5 Å². The SMILES string of the molecule is CN(Cc1ccc(C(=O)NN)cc1)CC1CC1. The third kappa shape index (κ3) is 3.54. The Kier molecular flexibility index (Phi) is 3.76. The Morgan fingerprint density at radius 3 is 2.59 bits per heavy atom. The van der Waals surface area contributed by atoms with Crippen molar-refractivity contribution in [2.75, 3.05) is 13.6 Å². The molecule has 0 aromatic heterocycles. The molecule has 1 fully saturated rings. The van der Waals surface area contributed by atoms with E-state index in [0.717, 1.165) is 12.5 Å². The summed E-state index contributed by atoms with van der Waals surface area (Å²) in [6.45, 7) is 2.10. The fourth-order valence-electron chi connectivity index (χ4n) is 1.96. The van der Waals surface area contributed by atoms with Crippen LogP contribution in [0, 0.1) is 5.92 Å². The van der Waals surface area contributed by atoms with Crippen LogP contribution < -0.4 is 11.3 Å². The minimum absolute atomic E-state index is 0.247. The molecular weight excluding hydrogens is 214 g/mol. The van der Waals surface area contributed by atoms with Crippen LogP contribution in [0.4, 0.5) is 0 Å². The van der Waals surface area contributed by atoms with Gasteiger partial charge in [0, 0.05) is 18.7 Å². The number of carbonyl (C=O) groups is 1. The number of carbonyl (C=O) groups excluding carboxylic acids is 1. The van der Waals surface area contributed by atoms with Crippen molar-refractivity contribution in [1.29, 1.82) is 0 Å². The van der Waals surface area contributed by atoms with Crippen molar-refractivity contribution >= 4 is 5.91 Å². The van der Waals surface area contributed by atoms with E-state index in [1.807, 2.05) is 24.3 Å². The van der Waals surface area contributed by atoms with Crippen LogP contribution in [0.3, 0.4) is 0 Å². The molecule has 1 aromatic rings. The van der Waals surface area contributed by atoms with Crippen LogP contribution in [0.25, 0.3) is 0 Å². The zero-order chi connectivity index (χ0) is 12.3. The minimum atomic E-state index is -0.247. The lowest BCUT2D eigenvalue weighted by molar-refractivity contribution is 0.0953. The number of nitrogens with two attached hydrogens (primary N) is 1. The van der Waals surface area contributed by atoms with Gasteiger partial charge in [0.1, 0.15) is 0 Å². The molecule has 17 heavy (non-hydrogen) atoms. The molecule has 1 saturated carbocycles. The average molecular weight is 233 g/mol. The zero-order valence-electron chi connectivity index (χ0n) is 10.1. The predicted octanol–water partition coefficient (Wildman–Crippen LogP) is 1.13. The zero-order valence-corrected chi connectivity index (χ0v) is 10.1. The summed E-state index contributed by atoms with van der Waals surface area (Å²) in [6.07, 6.45) is 2.75. The van der Waals surface area contributed by atoms with Crippen molar-refractivity contribution in [2.45, 2.75) is 19.4 Å². The molecule has 0 bridgehead atoms. The van der Waals surface area contributed by atoms with Gasteiger partial charge < -0.3 is 4.90 Å². The Bertz CT molecular complexity index is 384. The van der Waals surface area contributed by atoms with Crippen molar-refractivity contribution in [3.8, 4) is 0 Å². The Balaban J connectivity index is 1.90. The highest BCUT2D eigenvalue weighted by Crippen LogP contribution is 2.29. The largest absolute Gasteiger partial charge is 0.302 e. The van der Waals surface area contributed by atoms with E-state index in [4.69, 9.17) is 5.84 Å². The van der Waals surface area contributed by atoms with Crippen LogP contribution in [0.1, 0.15) is 28.8 Å². The van der Waals surface area contributed by atoms with Gasteiger partial charge in [-0.1, -0.05) is 12.1 Å². The van der Waals surface area contributed by atoms with Gasteiger partial charge in [-0.2, -0.15) is 0 Å². The fraction of sp³-hybridized carbons (Fsp3) is 0.462. The number of nitrogens with one attached hydrogen (secondary N) is 1. The first-order chi connectivity index (χ1) is 8.19. The summed E-state index contributed by atoms with van der Waals surface area (Å²) >= 11 is 0. The van der Waals surface area contributed by atoms with E-state index in [1.54, 1.807) is 0 Å². The topological polar surface area (TPSA) is 58.4 Å². The fourth-order valence-corrected chi connectivity index (χ4v) is 1.96. The van der Waals surface area contributed by atoms with Crippen molar-refractivity contribution in [1.82, 2.24) is 10.3 Å². The maximum Gasteiger partial charge on any atom is 0.265 e. The minimum Gasteiger partial charge on any atom is -0.302 e. The van der Waals surface area contributed by atoms with Crippen molar-refractivity contribution in [3.63, 3.8) is 0 Å². The Labute approximate surface area is 102 Å². The van der Waals surface area contributed by atoms with Crippen molar-refractivity contribution in [2.24, 2.45) is 11.8 Å². The lowest BCUT2D eigenvalue weighted by Crippen LogP contribution is -2.29.